The minimum atomic E-state index is -0.608. The zero-order valence-electron chi connectivity index (χ0n) is 17.7. The van der Waals surface area contributed by atoms with Crippen LogP contribution in [-0.2, 0) is 0 Å². The van der Waals surface area contributed by atoms with Crippen LogP contribution in [0.4, 0.5) is 4.39 Å². The Morgan fingerprint density at radius 3 is 2.72 bits per heavy atom. The van der Waals surface area contributed by atoms with Gasteiger partial charge in [0.05, 0.1) is 23.6 Å². The average Bonchev–Trinajstić information content (AvgIpc) is 3.29. The summed E-state index contributed by atoms with van der Waals surface area (Å²) >= 11 is 0. The van der Waals surface area contributed by atoms with E-state index in [1.165, 1.54) is 23.0 Å². The van der Waals surface area contributed by atoms with Crippen molar-refractivity contribution < 1.29 is 4.39 Å². The smallest absolute Gasteiger partial charge is 0.269 e. The van der Waals surface area contributed by atoms with Crippen LogP contribution in [0.5, 0.6) is 0 Å². The molecule has 1 atom stereocenters. The Bertz CT molecular complexity index is 1330. The molecular formula is C23H22FN7O. The maximum absolute atomic E-state index is 14.6. The van der Waals surface area contributed by atoms with Gasteiger partial charge in [-0.2, -0.15) is 0 Å². The number of nitrogens with one attached hydrogen (secondary N) is 2. The van der Waals surface area contributed by atoms with Crippen LogP contribution >= 0.6 is 0 Å². The Kier molecular flexibility index (Phi) is 5.89. The molecule has 0 amide bonds. The molecule has 2 N–H and O–H groups in total. The first-order valence-corrected chi connectivity index (χ1v) is 10.1. The van der Waals surface area contributed by atoms with Crippen molar-refractivity contribution in [2.75, 3.05) is 7.05 Å². The molecule has 1 aliphatic heterocycles. The van der Waals surface area contributed by atoms with Gasteiger partial charge < -0.3 is 10.6 Å². The standard InChI is InChI=1S/C23H22FN7O/c1-4-16(29-21(26-3)19-20(25-2)28-13-27-19)22-30-17-12-8-11-15(24)18(17)23(32)31(22)14-9-6-5-7-10-14/h5-13,16,29H,3-4H2,1-2H3,(H,25,27,28)/b21-19-. The minimum Gasteiger partial charge on any atom is -0.358 e. The van der Waals surface area contributed by atoms with Gasteiger partial charge in [-0.15, -0.1) is 0 Å². The molecule has 2 heterocycles. The van der Waals surface area contributed by atoms with E-state index < -0.39 is 17.4 Å². The number of amidine groups is 1. The molecule has 0 saturated heterocycles. The molecule has 9 heteroatoms. The first-order chi connectivity index (χ1) is 15.6. The first-order valence-electron chi connectivity index (χ1n) is 10.1. The van der Waals surface area contributed by atoms with Gasteiger partial charge in [-0.05, 0) is 37.4 Å². The van der Waals surface area contributed by atoms with Crippen molar-refractivity contribution in [1.82, 2.24) is 20.2 Å². The van der Waals surface area contributed by atoms with Gasteiger partial charge in [0, 0.05) is 7.05 Å². The molecule has 0 saturated carbocycles. The van der Waals surface area contributed by atoms with Crippen molar-refractivity contribution in [2.24, 2.45) is 15.0 Å². The van der Waals surface area contributed by atoms with Crippen LogP contribution in [0.1, 0.15) is 25.2 Å². The number of para-hydroxylation sites is 1. The van der Waals surface area contributed by atoms with Gasteiger partial charge in [0.2, 0.25) is 0 Å². The number of hydrogen-bond donors (Lipinski definition) is 2. The fourth-order valence-corrected chi connectivity index (χ4v) is 3.60. The fourth-order valence-electron chi connectivity index (χ4n) is 3.60. The minimum absolute atomic E-state index is 0.0552. The fraction of sp³-hybridized carbons (Fsp3) is 0.174. The lowest BCUT2D eigenvalue weighted by molar-refractivity contribution is 0.527. The predicted octanol–water partition coefficient (Wildman–Crippen LogP) is 3.10. The van der Waals surface area contributed by atoms with E-state index in [1.54, 1.807) is 25.2 Å². The van der Waals surface area contributed by atoms with Crippen LogP contribution in [0.3, 0.4) is 0 Å². The number of halogens is 1. The Morgan fingerprint density at radius 1 is 1.25 bits per heavy atom. The Morgan fingerprint density at radius 2 is 2.03 bits per heavy atom. The molecule has 3 aromatic rings. The van der Waals surface area contributed by atoms with Crippen molar-refractivity contribution in [3.8, 4) is 5.69 Å². The summed E-state index contributed by atoms with van der Waals surface area (Å²) in [4.78, 5) is 30.7. The number of fused-ring (bicyclic) bond motifs is 1. The van der Waals surface area contributed by atoms with E-state index in [0.29, 0.717) is 35.3 Å². The van der Waals surface area contributed by atoms with Crippen molar-refractivity contribution in [1.29, 1.82) is 0 Å². The first kappa shape index (κ1) is 21.1. The van der Waals surface area contributed by atoms with E-state index in [2.05, 4.69) is 37.3 Å². The molecule has 0 aliphatic carbocycles. The molecule has 1 aromatic heterocycles. The summed E-state index contributed by atoms with van der Waals surface area (Å²) in [7, 11) is 1.64. The normalized spacial score (nSPS) is 16.8. The van der Waals surface area contributed by atoms with Crippen LogP contribution in [-0.4, -0.2) is 35.5 Å². The maximum Gasteiger partial charge on any atom is 0.269 e. The van der Waals surface area contributed by atoms with Gasteiger partial charge in [0.15, 0.2) is 11.7 Å². The number of aromatic nitrogens is 2. The van der Waals surface area contributed by atoms with E-state index in [9.17, 15) is 9.18 Å². The van der Waals surface area contributed by atoms with Crippen LogP contribution in [0.15, 0.2) is 79.8 Å². The van der Waals surface area contributed by atoms with Crippen LogP contribution in [0.25, 0.3) is 16.6 Å². The summed E-state index contributed by atoms with van der Waals surface area (Å²) in [5.41, 5.74) is 0.894. The lowest BCUT2D eigenvalue weighted by atomic mass is 10.1. The lowest BCUT2D eigenvalue weighted by Crippen LogP contribution is -2.32. The summed E-state index contributed by atoms with van der Waals surface area (Å²) in [6.07, 6.45) is 2.07. The number of rotatable bonds is 6. The molecule has 0 bridgehead atoms. The highest BCUT2D eigenvalue weighted by Crippen LogP contribution is 2.23. The molecule has 1 unspecified atom stereocenters. The largest absolute Gasteiger partial charge is 0.358 e. The number of hydrogen-bond acceptors (Lipinski definition) is 6. The van der Waals surface area contributed by atoms with Gasteiger partial charge in [-0.3, -0.25) is 14.4 Å². The molecule has 162 valence electrons. The average molecular weight is 431 g/mol. The summed E-state index contributed by atoms with van der Waals surface area (Å²) in [5.74, 6) is 0.757. The lowest BCUT2D eigenvalue weighted by Gasteiger charge is -2.23. The zero-order valence-corrected chi connectivity index (χ0v) is 17.7. The third kappa shape index (κ3) is 3.68. The topological polar surface area (TPSA) is 96.0 Å². The van der Waals surface area contributed by atoms with Crippen molar-refractivity contribution in [3.63, 3.8) is 0 Å². The molecule has 32 heavy (non-hydrogen) atoms. The van der Waals surface area contributed by atoms with Crippen LogP contribution in [0, 0.1) is 5.82 Å². The van der Waals surface area contributed by atoms with Gasteiger partial charge in [-0.25, -0.2) is 19.4 Å². The predicted molar refractivity (Wildman–Crippen MR) is 125 cm³/mol. The molecule has 1 aliphatic rings. The van der Waals surface area contributed by atoms with E-state index in [1.807, 2.05) is 25.1 Å². The van der Waals surface area contributed by atoms with E-state index in [0.717, 1.165) is 0 Å². The third-order valence-corrected chi connectivity index (χ3v) is 5.14. The van der Waals surface area contributed by atoms with Gasteiger partial charge >= 0.3 is 0 Å². The quantitative estimate of drug-likeness (QED) is 0.586. The summed E-state index contributed by atoms with van der Waals surface area (Å²) in [6, 6.07) is 13.0. The highest BCUT2D eigenvalue weighted by molar-refractivity contribution is 6.09. The second-order valence-electron chi connectivity index (χ2n) is 7.02. The number of benzene rings is 2. The number of nitrogens with zero attached hydrogens (tertiary/aromatic N) is 5. The number of aliphatic imine (C=N–C) groups is 3. The van der Waals surface area contributed by atoms with E-state index in [4.69, 9.17) is 0 Å². The summed E-state index contributed by atoms with van der Waals surface area (Å²) in [5, 5.41) is 6.18. The highest BCUT2D eigenvalue weighted by Gasteiger charge is 2.24. The molecule has 8 nitrogen and oxygen atoms in total. The second kappa shape index (κ2) is 8.93. The zero-order chi connectivity index (χ0) is 22.7. The monoisotopic (exact) mass is 431 g/mol. The van der Waals surface area contributed by atoms with E-state index in [-0.39, 0.29) is 10.9 Å². The highest BCUT2D eigenvalue weighted by atomic mass is 19.1. The van der Waals surface area contributed by atoms with Gasteiger partial charge in [-0.1, -0.05) is 31.2 Å². The molecule has 0 spiro atoms. The molecule has 0 radical (unpaired) electrons. The van der Waals surface area contributed by atoms with E-state index >= 15 is 0 Å². The van der Waals surface area contributed by atoms with Crippen molar-refractivity contribution >= 4 is 29.8 Å². The Labute approximate surface area is 184 Å². The Hall–Kier alpha value is -4.14. The van der Waals surface area contributed by atoms with Crippen LogP contribution in [0.2, 0.25) is 0 Å². The SMILES string of the molecule is C=N/C(NC(CC)c1nc2cccc(F)c2c(=O)n1-c1ccccc1)=C1/N=CN/C1=N/C. The second-order valence-corrected chi connectivity index (χ2v) is 7.02. The third-order valence-electron chi connectivity index (χ3n) is 5.14. The molecular weight excluding hydrogens is 409 g/mol. The Balaban J connectivity index is 1.94. The van der Waals surface area contributed by atoms with Crippen molar-refractivity contribution in [2.45, 2.75) is 19.4 Å². The summed E-state index contributed by atoms with van der Waals surface area (Å²) < 4.78 is 16.0. The maximum atomic E-state index is 14.6. The van der Waals surface area contributed by atoms with Gasteiger partial charge in [0.25, 0.3) is 5.56 Å². The molecule has 4 rings (SSSR count). The van der Waals surface area contributed by atoms with Crippen molar-refractivity contribution in [3.05, 3.63) is 82.0 Å². The van der Waals surface area contributed by atoms with Crippen LogP contribution < -0.4 is 16.2 Å². The van der Waals surface area contributed by atoms with Gasteiger partial charge in [0.1, 0.15) is 22.7 Å². The molecule has 2 aromatic carbocycles. The summed E-state index contributed by atoms with van der Waals surface area (Å²) in [6.45, 7) is 5.60. The molecule has 0 fully saturated rings.